The molecular formula is C26H29N7. The maximum Gasteiger partial charge on any atom is 0.132 e. The Labute approximate surface area is 194 Å². The van der Waals surface area contributed by atoms with Crippen molar-refractivity contribution < 1.29 is 0 Å². The van der Waals surface area contributed by atoms with Crippen LogP contribution in [0.4, 0.5) is 11.6 Å². The first kappa shape index (κ1) is 21.5. The van der Waals surface area contributed by atoms with Gasteiger partial charge in [0.05, 0.1) is 17.3 Å². The number of hydrogen-bond acceptors (Lipinski definition) is 7. The van der Waals surface area contributed by atoms with Crippen molar-refractivity contribution in [3.63, 3.8) is 0 Å². The maximum absolute atomic E-state index is 9.18. The summed E-state index contributed by atoms with van der Waals surface area (Å²) >= 11 is 0. The highest BCUT2D eigenvalue weighted by molar-refractivity contribution is 5.65. The zero-order valence-corrected chi connectivity index (χ0v) is 19.0. The molecule has 168 valence electrons. The fourth-order valence-electron chi connectivity index (χ4n) is 4.49. The molecule has 0 amide bonds. The van der Waals surface area contributed by atoms with Crippen LogP contribution in [0.15, 0.2) is 48.9 Å². The van der Waals surface area contributed by atoms with E-state index >= 15 is 0 Å². The van der Waals surface area contributed by atoms with Crippen LogP contribution in [0.5, 0.6) is 0 Å². The van der Waals surface area contributed by atoms with Gasteiger partial charge in [-0.25, -0.2) is 9.97 Å². The van der Waals surface area contributed by atoms with Crippen LogP contribution in [-0.2, 0) is 6.54 Å². The van der Waals surface area contributed by atoms with Crippen LogP contribution in [0.3, 0.4) is 0 Å². The molecule has 1 saturated carbocycles. The Hall–Kier alpha value is -3.34. The molecule has 0 spiro atoms. The Morgan fingerprint density at radius 3 is 2.73 bits per heavy atom. The third kappa shape index (κ3) is 5.36. The number of anilines is 2. The Morgan fingerprint density at radius 2 is 1.94 bits per heavy atom. The summed E-state index contributed by atoms with van der Waals surface area (Å²) in [6.45, 7) is 3.06. The van der Waals surface area contributed by atoms with Gasteiger partial charge in [-0.15, -0.1) is 0 Å². The molecule has 5 rings (SSSR count). The fourth-order valence-corrected chi connectivity index (χ4v) is 4.49. The van der Waals surface area contributed by atoms with Crippen molar-refractivity contribution in [2.75, 3.05) is 25.5 Å². The predicted molar refractivity (Wildman–Crippen MR) is 129 cm³/mol. The van der Waals surface area contributed by atoms with Crippen molar-refractivity contribution in [2.24, 2.45) is 0 Å². The lowest BCUT2D eigenvalue weighted by molar-refractivity contribution is 0.191. The van der Waals surface area contributed by atoms with Gasteiger partial charge in [-0.1, -0.05) is 0 Å². The topological polar surface area (TPSA) is 89.8 Å². The monoisotopic (exact) mass is 439 g/mol. The molecule has 0 bridgehead atoms. The minimum absolute atomic E-state index is 0.570. The van der Waals surface area contributed by atoms with E-state index in [4.69, 9.17) is 4.98 Å². The molecular weight excluding hydrogens is 410 g/mol. The summed E-state index contributed by atoms with van der Waals surface area (Å²) in [4.78, 5) is 16.2. The second-order valence-electron chi connectivity index (χ2n) is 9.09. The molecule has 0 radical (unpaired) electrons. The molecule has 0 unspecified atom stereocenters. The summed E-state index contributed by atoms with van der Waals surface area (Å²) in [7, 11) is 2.21. The molecule has 2 fully saturated rings. The van der Waals surface area contributed by atoms with Crippen LogP contribution < -0.4 is 10.6 Å². The van der Waals surface area contributed by atoms with Crippen molar-refractivity contribution in [1.29, 1.82) is 5.26 Å². The van der Waals surface area contributed by atoms with E-state index in [1.54, 1.807) is 18.3 Å². The summed E-state index contributed by atoms with van der Waals surface area (Å²) in [5.74, 6) is 1.96. The van der Waals surface area contributed by atoms with Gasteiger partial charge in [-0.3, -0.25) is 9.88 Å². The maximum atomic E-state index is 9.18. The second kappa shape index (κ2) is 9.65. The van der Waals surface area contributed by atoms with E-state index in [9.17, 15) is 5.26 Å². The van der Waals surface area contributed by atoms with Gasteiger partial charge in [-0.2, -0.15) is 5.26 Å². The molecule has 33 heavy (non-hydrogen) atoms. The van der Waals surface area contributed by atoms with Crippen molar-refractivity contribution in [1.82, 2.24) is 25.2 Å². The minimum atomic E-state index is 0.570. The number of hydrogen-bond donors (Lipinski definition) is 2. The van der Waals surface area contributed by atoms with Crippen LogP contribution >= 0.6 is 0 Å². The van der Waals surface area contributed by atoms with Gasteiger partial charge in [0, 0.05) is 36.7 Å². The molecule has 7 nitrogen and oxygen atoms in total. The second-order valence-corrected chi connectivity index (χ2v) is 9.09. The van der Waals surface area contributed by atoms with Gasteiger partial charge in [0.25, 0.3) is 0 Å². The first-order valence-electron chi connectivity index (χ1n) is 11.7. The van der Waals surface area contributed by atoms with Gasteiger partial charge in [-0.05, 0) is 93.2 Å². The van der Waals surface area contributed by atoms with Gasteiger partial charge < -0.3 is 10.6 Å². The van der Waals surface area contributed by atoms with Crippen molar-refractivity contribution in [2.45, 2.75) is 44.2 Å². The molecule has 1 aliphatic heterocycles. The van der Waals surface area contributed by atoms with Gasteiger partial charge in [0.2, 0.25) is 0 Å². The molecule has 2 aliphatic rings. The first-order valence-corrected chi connectivity index (χ1v) is 11.7. The summed E-state index contributed by atoms with van der Waals surface area (Å²) in [6, 6.07) is 12.7. The quantitative estimate of drug-likeness (QED) is 0.570. The van der Waals surface area contributed by atoms with Crippen LogP contribution in [0.25, 0.3) is 11.3 Å². The SMILES string of the molecule is CN(Cc1cncc(-c2cc(C3CC3)cc(Nc3cc(C#N)ccn3)n2)c1)C1CCNCC1. The molecule has 7 heteroatoms. The molecule has 3 aromatic rings. The molecule has 1 saturated heterocycles. The van der Waals surface area contributed by atoms with E-state index in [1.807, 2.05) is 12.4 Å². The van der Waals surface area contributed by atoms with Crippen LogP contribution in [0.1, 0.15) is 48.3 Å². The van der Waals surface area contributed by atoms with Gasteiger partial charge in [0.1, 0.15) is 11.6 Å². The lowest BCUT2D eigenvalue weighted by Gasteiger charge is -2.31. The Balaban J connectivity index is 1.40. The van der Waals surface area contributed by atoms with E-state index in [0.29, 0.717) is 23.3 Å². The highest BCUT2D eigenvalue weighted by Gasteiger charge is 2.25. The Bertz CT molecular complexity index is 1160. The van der Waals surface area contributed by atoms with Crippen molar-refractivity contribution in [3.8, 4) is 17.3 Å². The van der Waals surface area contributed by atoms with E-state index < -0.39 is 0 Å². The van der Waals surface area contributed by atoms with E-state index in [0.717, 1.165) is 36.7 Å². The summed E-state index contributed by atoms with van der Waals surface area (Å²) in [5, 5.41) is 15.9. The number of rotatable bonds is 7. The van der Waals surface area contributed by atoms with Gasteiger partial charge >= 0.3 is 0 Å². The van der Waals surface area contributed by atoms with E-state index in [2.05, 4.69) is 56.8 Å². The van der Waals surface area contributed by atoms with E-state index in [1.165, 1.54) is 36.8 Å². The molecule has 4 heterocycles. The lowest BCUT2D eigenvalue weighted by atomic mass is 10.0. The first-order chi connectivity index (χ1) is 16.2. The third-order valence-corrected chi connectivity index (χ3v) is 6.50. The summed E-state index contributed by atoms with van der Waals surface area (Å²) in [6.07, 6.45) is 10.3. The van der Waals surface area contributed by atoms with Crippen LogP contribution in [0, 0.1) is 11.3 Å². The number of nitriles is 1. The van der Waals surface area contributed by atoms with Crippen LogP contribution in [0.2, 0.25) is 0 Å². The van der Waals surface area contributed by atoms with Crippen molar-refractivity contribution >= 4 is 11.6 Å². The summed E-state index contributed by atoms with van der Waals surface area (Å²) in [5.41, 5.74) is 5.00. The average Bonchev–Trinajstić information content (AvgIpc) is 3.70. The largest absolute Gasteiger partial charge is 0.325 e. The summed E-state index contributed by atoms with van der Waals surface area (Å²) < 4.78 is 0. The minimum Gasteiger partial charge on any atom is -0.325 e. The van der Waals surface area contributed by atoms with Crippen molar-refractivity contribution in [3.05, 3.63) is 65.6 Å². The van der Waals surface area contributed by atoms with Gasteiger partial charge in [0.15, 0.2) is 0 Å². The highest BCUT2D eigenvalue weighted by Crippen LogP contribution is 2.42. The standard InChI is InChI=1S/C26H29N7/c1-33(23-5-7-28-8-6-23)17-19-10-22(16-29-15-19)24-12-21(20-2-3-20)13-26(31-24)32-25-11-18(14-27)4-9-30-25/h4,9-13,15-16,20,23,28H,2-3,5-8,17H2,1H3,(H,30,31,32). The Kier molecular flexibility index (Phi) is 6.29. The molecule has 2 N–H and O–H groups in total. The molecule has 1 aliphatic carbocycles. The number of piperidine rings is 1. The number of pyridine rings is 3. The highest BCUT2D eigenvalue weighted by atomic mass is 15.1. The Morgan fingerprint density at radius 1 is 1.09 bits per heavy atom. The number of nitrogens with zero attached hydrogens (tertiary/aromatic N) is 5. The number of nitrogens with one attached hydrogen (secondary N) is 2. The molecule has 0 aromatic carbocycles. The third-order valence-electron chi connectivity index (χ3n) is 6.50. The normalized spacial score (nSPS) is 16.5. The average molecular weight is 440 g/mol. The van der Waals surface area contributed by atoms with Crippen LogP contribution in [-0.4, -0.2) is 46.0 Å². The lowest BCUT2D eigenvalue weighted by Crippen LogP contribution is -2.40. The number of aromatic nitrogens is 3. The zero-order valence-electron chi connectivity index (χ0n) is 19.0. The smallest absolute Gasteiger partial charge is 0.132 e. The predicted octanol–water partition coefficient (Wildman–Crippen LogP) is 4.22. The van der Waals surface area contributed by atoms with E-state index in [-0.39, 0.29) is 0 Å². The molecule has 0 atom stereocenters. The zero-order chi connectivity index (χ0) is 22.6. The molecule has 3 aromatic heterocycles. The fraction of sp³-hybridized carbons (Fsp3) is 0.385.